The molecule has 0 bridgehead atoms. The predicted octanol–water partition coefficient (Wildman–Crippen LogP) is 3.08. The van der Waals surface area contributed by atoms with Crippen molar-refractivity contribution < 1.29 is 14.3 Å². The summed E-state index contributed by atoms with van der Waals surface area (Å²) in [6.45, 7) is 7.83. The van der Waals surface area contributed by atoms with Crippen molar-refractivity contribution in [2.45, 2.75) is 39.7 Å². The Labute approximate surface area is 121 Å². The molecule has 4 heteroatoms. The summed E-state index contributed by atoms with van der Waals surface area (Å²) in [5.74, 6) is 0.662. The molecule has 0 aliphatic heterocycles. The number of esters is 1. The number of rotatable bonds is 9. The Balaban J connectivity index is 2.76. The van der Waals surface area contributed by atoms with E-state index in [-0.39, 0.29) is 12.0 Å². The lowest BCUT2D eigenvalue weighted by atomic mass is 10.0. The Morgan fingerprint density at radius 2 is 2.10 bits per heavy atom. The highest BCUT2D eigenvalue weighted by Gasteiger charge is 2.16. The van der Waals surface area contributed by atoms with Gasteiger partial charge in [-0.1, -0.05) is 26.0 Å². The molecule has 1 unspecified atom stereocenters. The first-order chi connectivity index (χ1) is 9.71. The quantitative estimate of drug-likeness (QED) is 0.706. The Hall–Kier alpha value is -1.55. The second-order valence-corrected chi connectivity index (χ2v) is 4.54. The van der Waals surface area contributed by atoms with E-state index in [1.807, 2.05) is 38.1 Å². The molecule has 0 amide bonds. The number of carbonyl (C=O) groups excluding carboxylic acids is 1. The van der Waals surface area contributed by atoms with Crippen LogP contribution in [-0.4, -0.2) is 25.7 Å². The fraction of sp³-hybridized carbons (Fsp3) is 0.562. The topological polar surface area (TPSA) is 47.6 Å². The van der Waals surface area contributed by atoms with Gasteiger partial charge in [0, 0.05) is 6.04 Å². The van der Waals surface area contributed by atoms with E-state index in [2.05, 4.69) is 12.2 Å². The summed E-state index contributed by atoms with van der Waals surface area (Å²) in [5.41, 5.74) is 1.05. The summed E-state index contributed by atoms with van der Waals surface area (Å²) in [4.78, 5) is 11.7. The molecule has 1 aromatic rings. The number of benzene rings is 1. The molecular formula is C16H25NO3. The monoisotopic (exact) mass is 279 g/mol. The van der Waals surface area contributed by atoms with Gasteiger partial charge in [-0.05, 0) is 37.6 Å². The summed E-state index contributed by atoms with van der Waals surface area (Å²) < 4.78 is 10.7. The zero-order valence-corrected chi connectivity index (χ0v) is 12.6. The lowest BCUT2D eigenvalue weighted by molar-refractivity contribution is -0.143. The van der Waals surface area contributed by atoms with Crippen molar-refractivity contribution in [3.8, 4) is 5.75 Å². The minimum atomic E-state index is -0.182. The molecule has 112 valence electrons. The number of hydrogen-bond donors (Lipinski definition) is 1. The van der Waals surface area contributed by atoms with Gasteiger partial charge in [-0.15, -0.1) is 0 Å². The average molecular weight is 279 g/mol. The largest absolute Gasteiger partial charge is 0.494 e. The molecule has 0 saturated carbocycles. The highest BCUT2D eigenvalue weighted by molar-refractivity contribution is 5.70. The third kappa shape index (κ3) is 5.61. The minimum Gasteiger partial charge on any atom is -0.494 e. The van der Waals surface area contributed by atoms with E-state index in [0.717, 1.165) is 24.3 Å². The molecule has 0 fully saturated rings. The summed E-state index contributed by atoms with van der Waals surface area (Å²) in [7, 11) is 0. The van der Waals surface area contributed by atoms with Crippen molar-refractivity contribution in [1.82, 2.24) is 5.32 Å². The van der Waals surface area contributed by atoms with Crippen LogP contribution in [0.5, 0.6) is 5.75 Å². The van der Waals surface area contributed by atoms with Crippen LogP contribution in [0.2, 0.25) is 0 Å². The van der Waals surface area contributed by atoms with E-state index >= 15 is 0 Å². The molecule has 0 aliphatic carbocycles. The Morgan fingerprint density at radius 1 is 1.30 bits per heavy atom. The molecule has 1 N–H and O–H groups in total. The normalized spacial score (nSPS) is 11.9. The zero-order chi connectivity index (χ0) is 14.8. The van der Waals surface area contributed by atoms with Gasteiger partial charge in [-0.3, -0.25) is 4.79 Å². The molecule has 1 aromatic carbocycles. The highest BCUT2D eigenvalue weighted by atomic mass is 16.5. The maximum absolute atomic E-state index is 11.7. The van der Waals surface area contributed by atoms with Gasteiger partial charge in [0.15, 0.2) is 0 Å². The molecule has 0 aromatic heterocycles. The second-order valence-electron chi connectivity index (χ2n) is 4.54. The van der Waals surface area contributed by atoms with Crippen LogP contribution in [-0.2, 0) is 9.53 Å². The van der Waals surface area contributed by atoms with Crippen molar-refractivity contribution in [2.24, 2.45) is 0 Å². The van der Waals surface area contributed by atoms with Gasteiger partial charge in [-0.25, -0.2) is 0 Å². The number of ether oxygens (including phenoxy) is 2. The van der Waals surface area contributed by atoms with E-state index in [0.29, 0.717) is 19.6 Å². The highest BCUT2D eigenvalue weighted by Crippen LogP contribution is 2.22. The first-order valence-electron chi connectivity index (χ1n) is 7.33. The van der Waals surface area contributed by atoms with Crippen LogP contribution >= 0.6 is 0 Å². The van der Waals surface area contributed by atoms with E-state index in [1.165, 1.54) is 0 Å². The molecule has 0 saturated heterocycles. The van der Waals surface area contributed by atoms with Crippen molar-refractivity contribution in [1.29, 1.82) is 0 Å². The SMILES string of the molecule is CCCOc1cccc(C(CC(=O)OCC)NCC)c1. The van der Waals surface area contributed by atoms with Crippen LogP contribution in [0.25, 0.3) is 0 Å². The molecule has 0 heterocycles. The van der Waals surface area contributed by atoms with Crippen molar-refractivity contribution in [3.63, 3.8) is 0 Å². The lowest BCUT2D eigenvalue weighted by Gasteiger charge is -2.18. The van der Waals surface area contributed by atoms with E-state index in [4.69, 9.17) is 9.47 Å². The number of carbonyl (C=O) groups is 1. The lowest BCUT2D eigenvalue weighted by Crippen LogP contribution is -2.24. The fourth-order valence-electron chi connectivity index (χ4n) is 1.98. The minimum absolute atomic E-state index is 0.0378. The molecule has 0 aliphatic rings. The van der Waals surface area contributed by atoms with Crippen LogP contribution < -0.4 is 10.1 Å². The van der Waals surface area contributed by atoms with Gasteiger partial charge >= 0.3 is 5.97 Å². The molecule has 4 nitrogen and oxygen atoms in total. The van der Waals surface area contributed by atoms with Crippen LogP contribution in [0.15, 0.2) is 24.3 Å². The summed E-state index contributed by atoms with van der Waals surface area (Å²) in [6.07, 6.45) is 1.31. The van der Waals surface area contributed by atoms with Crippen LogP contribution in [0.1, 0.15) is 45.2 Å². The Morgan fingerprint density at radius 3 is 2.75 bits per heavy atom. The molecule has 1 atom stereocenters. The number of hydrogen-bond acceptors (Lipinski definition) is 4. The van der Waals surface area contributed by atoms with Gasteiger partial charge in [0.25, 0.3) is 0 Å². The van der Waals surface area contributed by atoms with Gasteiger partial charge in [0.1, 0.15) is 5.75 Å². The predicted molar refractivity (Wildman–Crippen MR) is 79.9 cm³/mol. The molecule has 0 spiro atoms. The van der Waals surface area contributed by atoms with Crippen LogP contribution in [0.3, 0.4) is 0 Å². The smallest absolute Gasteiger partial charge is 0.307 e. The van der Waals surface area contributed by atoms with Gasteiger partial charge in [0.05, 0.1) is 19.6 Å². The van der Waals surface area contributed by atoms with Gasteiger partial charge in [-0.2, -0.15) is 0 Å². The number of nitrogens with one attached hydrogen (secondary N) is 1. The second kappa shape index (κ2) is 9.37. The molecular weight excluding hydrogens is 254 g/mol. The maximum atomic E-state index is 11.7. The first kappa shape index (κ1) is 16.5. The fourth-order valence-corrected chi connectivity index (χ4v) is 1.98. The van der Waals surface area contributed by atoms with Crippen molar-refractivity contribution >= 4 is 5.97 Å². The molecule has 1 rings (SSSR count). The Bertz CT molecular complexity index is 406. The third-order valence-electron chi connectivity index (χ3n) is 2.86. The summed E-state index contributed by atoms with van der Waals surface area (Å²) in [5, 5.41) is 3.32. The van der Waals surface area contributed by atoms with E-state index in [9.17, 15) is 4.79 Å². The summed E-state index contributed by atoms with van der Waals surface area (Å²) >= 11 is 0. The summed E-state index contributed by atoms with van der Waals surface area (Å²) in [6, 6.07) is 7.85. The third-order valence-corrected chi connectivity index (χ3v) is 2.86. The van der Waals surface area contributed by atoms with Gasteiger partial charge < -0.3 is 14.8 Å². The zero-order valence-electron chi connectivity index (χ0n) is 12.6. The van der Waals surface area contributed by atoms with Crippen molar-refractivity contribution in [3.05, 3.63) is 29.8 Å². The van der Waals surface area contributed by atoms with Crippen molar-refractivity contribution in [2.75, 3.05) is 19.8 Å². The Kier molecular flexibility index (Phi) is 7.73. The van der Waals surface area contributed by atoms with E-state index in [1.54, 1.807) is 0 Å². The molecule has 0 radical (unpaired) electrons. The van der Waals surface area contributed by atoms with Gasteiger partial charge in [0.2, 0.25) is 0 Å². The first-order valence-corrected chi connectivity index (χ1v) is 7.33. The standard InChI is InChI=1S/C16H25NO3/c1-4-10-20-14-9-7-8-13(11-14)15(17-5-2)12-16(18)19-6-3/h7-9,11,15,17H,4-6,10,12H2,1-3H3. The van der Waals surface area contributed by atoms with E-state index < -0.39 is 0 Å². The average Bonchev–Trinajstić information content (AvgIpc) is 2.45. The van der Waals surface area contributed by atoms with Crippen LogP contribution in [0.4, 0.5) is 0 Å². The maximum Gasteiger partial charge on any atom is 0.307 e. The van der Waals surface area contributed by atoms with Crippen LogP contribution in [0, 0.1) is 0 Å². The molecule has 20 heavy (non-hydrogen) atoms.